The Balaban J connectivity index is 1.88. The molecule has 0 fully saturated rings. The average molecular weight is 532 g/mol. The molecule has 0 aliphatic heterocycles. The van der Waals surface area contributed by atoms with Gasteiger partial charge < -0.3 is 25.2 Å². The summed E-state index contributed by atoms with van der Waals surface area (Å²) in [4.78, 5) is 22.9. The molecule has 0 saturated carbocycles. The van der Waals surface area contributed by atoms with Crippen LogP contribution in [0.3, 0.4) is 0 Å². The number of anilines is 2. The molecule has 0 spiro atoms. The van der Waals surface area contributed by atoms with Crippen LogP contribution in [0.2, 0.25) is 0 Å². The molecule has 0 aromatic heterocycles. The summed E-state index contributed by atoms with van der Waals surface area (Å²) in [6, 6.07) is 14.6. The van der Waals surface area contributed by atoms with E-state index in [0.717, 1.165) is 0 Å². The fraction of sp³-hybridized carbons (Fsp3) is 0.200. The molecule has 0 aliphatic carbocycles. The second-order valence-corrected chi connectivity index (χ2v) is 9.59. The molecule has 0 aliphatic rings. The van der Waals surface area contributed by atoms with Gasteiger partial charge in [-0.3, -0.25) is 9.52 Å². The number of carbonyl (C=O) groups excluding carboxylic acids is 1. The lowest BCUT2D eigenvalue weighted by atomic mass is 10.1. The van der Waals surface area contributed by atoms with Crippen molar-refractivity contribution in [1.82, 2.24) is 5.32 Å². The van der Waals surface area contributed by atoms with Crippen molar-refractivity contribution in [2.75, 3.05) is 30.8 Å². The average Bonchev–Trinajstić information content (AvgIpc) is 2.87. The normalized spacial score (nSPS) is 11.8. The molecule has 4 N–H and O–H groups in total. The summed E-state index contributed by atoms with van der Waals surface area (Å²) in [5, 5.41) is 13.4. The lowest BCUT2D eigenvalue weighted by Crippen LogP contribution is -2.33. The number of sulfonamides is 1. The molecule has 10 nitrogen and oxygen atoms in total. The number of carboxylic acid groups (broad SMARTS) is 1. The molecular weight excluding hydrogens is 505 g/mol. The van der Waals surface area contributed by atoms with Gasteiger partial charge in [-0.1, -0.05) is 31.2 Å². The third kappa shape index (κ3) is 6.67. The van der Waals surface area contributed by atoms with Gasteiger partial charge in [0, 0.05) is 17.8 Å². The lowest BCUT2D eigenvalue weighted by Gasteiger charge is -2.17. The summed E-state index contributed by atoms with van der Waals surface area (Å²) in [6.45, 7) is 1.44. The van der Waals surface area contributed by atoms with Crippen molar-refractivity contribution in [1.29, 1.82) is 0 Å². The van der Waals surface area contributed by atoms with Crippen molar-refractivity contribution in [3.05, 3.63) is 66.5 Å². The number of amides is 2. The highest BCUT2D eigenvalue weighted by molar-refractivity contribution is 7.92. The highest BCUT2D eigenvalue weighted by atomic mass is 32.2. The summed E-state index contributed by atoms with van der Waals surface area (Å²) in [5.74, 6) is -1.44. The Bertz CT molecular complexity index is 1410. The molecule has 3 aromatic carbocycles. The molecule has 196 valence electrons. The molecule has 2 amide bonds. The monoisotopic (exact) mass is 531 g/mol. The van der Waals surface area contributed by atoms with Gasteiger partial charge in [-0.25, -0.2) is 17.6 Å². The Kier molecular flexibility index (Phi) is 8.56. The molecule has 0 unspecified atom stereocenters. The number of rotatable bonds is 10. The van der Waals surface area contributed by atoms with Crippen molar-refractivity contribution in [2.24, 2.45) is 5.92 Å². The van der Waals surface area contributed by atoms with E-state index in [0.29, 0.717) is 5.56 Å². The van der Waals surface area contributed by atoms with Crippen molar-refractivity contribution in [3.8, 4) is 22.6 Å². The standard InChI is InChI=1S/C25H26FN3O7S/c1-15(14-27-25(31)32)24(30)28-17-9-10-21(35-2)20(13-17)29-37(33,34)23-11-8-16(12-22(23)36-3)18-6-4-5-7-19(18)26/h4-13,15,27,29H,14H2,1-3H3,(H,28,30)(H,31,32)/t15-/m0/s1. The maximum absolute atomic E-state index is 14.2. The SMILES string of the molecule is COc1ccc(NC(=O)[C@@H](C)CNC(=O)O)cc1NS(=O)(=O)c1ccc(-c2ccccc2F)cc1OC. The van der Waals surface area contributed by atoms with Gasteiger partial charge in [0.25, 0.3) is 10.0 Å². The van der Waals surface area contributed by atoms with E-state index in [9.17, 15) is 22.4 Å². The molecule has 12 heteroatoms. The maximum atomic E-state index is 14.2. The van der Waals surface area contributed by atoms with E-state index in [2.05, 4.69) is 15.4 Å². The zero-order valence-corrected chi connectivity index (χ0v) is 21.1. The largest absolute Gasteiger partial charge is 0.495 e. The molecule has 37 heavy (non-hydrogen) atoms. The van der Waals surface area contributed by atoms with E-state index in [1.807, 2.05) is 0 Å². The molecule has 0 radical (unpaired) electrons. The van der Waals surface area contributed by atoms with Gasteiger partial charge in [-0.05, 0) is 42.0 Å². The van der Waals surface area contributed by atoms with Crippen LogP contribution in [0.1, 0.15) is 6.92 Å². The van der Waals surface area contributed by atoms with Gasteiger partial charge in [-0.15, -0.1) is 0 Å². The van der Waals surface area contributed by atoms with Crippen molar-refractivity contribution >= 4 is 33.4 Å². The number of benzene rings is 3. The second kappa shape index (κ2) is 11.6. The van der Waals surface area contributed by atoms with Crippen LogP contribution in [0.4, 0.5) is 20.6 Å². The first-order valence-corrected chi connectivity index (χ1v) is 12.5. The lowest BCUT2D eigenvalue weighted by molar-refractivity contribution is -0.119. The zero-order valence-electron chi connectivity index (χ0n) is 20.2. The summed E-state index contributed by atoms with van der Waals surface area (Å²) < 4.78 is 53.8. The number of methoxy groups -OCH3 is 2. The topological polar surface area (TPSA) is 143 Å². The van der Waals surface area contributed by atoms with E-state index >= 15 is 0 Å². The fourth-order valence-corrected chi connectivity index (χ4v) is 4.63. The number of halogens is 1. The minimum atomic E-state index is -4.21. The van der Waals surface area contributed by atoms with E-state index < -0.39 is 33.8 Å². The fourth-order valence-electron chi connectivity index (χ4n) is 3.42. The Hall–Kier alpha value is -4.32. The maximum Gasteiger partial charge on any atom is 0.404 e. The second-order valence-electron chi connectivity index (χ2n) is 7.94. The third-order valence-corrected chi connectivity index (χ3v) is 6.76. The zero-order chi connectivity index (χ0) is 27.2. The predicted molar refractivity (Wildman–Crippen MR) is 136 cm³/mol. The molecule has 1 atom stereocenters. The van der Waals surface area contributed by atoms with Crippen molar-refractivity contribution in [3.63, 3.8) is 0 Å². The number of hydrogen-bond donors (Lipinski definition) is 4. The smallest absolute Gasteiger partial charge is 0.404 e. The van der Waals surface area contributed by atoms with Gasteiger partial charge >= 0.3 is 6.09 Å². The first-order valence-electron chi connectivity index (χ1n) is 11.0. The number of carbonyl (C=O) groups is 2. The quantitative estimate of drug-likeness (QED) is 0.308. The van der Waals surface area contributed by atoms with Gasteiger partial charge in [-0.2, -0.15) is 0 Å². The van der Waals surface area contributed by atoms with Crippen LogP contribution >= 0.6 is 0 Å². The Morgan fingerprint density at radius 1 is 1.00 bits per heavy atom. The first-order chi connectivity index (χ1) is 17.6. The molecular formula is C25H26FN3O7S. The Labute approximate surface area is 213 Å². The van der Waals surface area contributed by atoms with Crippen molar-refractivity contribution in [2.45, 2.75) is 11.8 Å². The molecule has 0 heterocycles. The first kappa shape index (κ1) is 27.3. The van der Waals surface area contributed by atoms with Crippen molar-refractivity contribution < 1.29 is 37.0 Å². The summed E-state index contributed by atoms with van der Waals surface area (Å²) in [6.07, 6.45) is -1.25. The molecule has 0 bridgehead atoms. The van der Waals surface area contributed by atoms with E-state index in [4.69, 9.17) is 14.6 Å². The van der Waals surface area contributed by atoms with E-state index in [1.54, 1.807) is 18.2 Å². The molecule has 3 aromatic rings. The van der Waals surface area contributed by atoms with Gasteiger partial charge in [0.1, 0.15) is 22.2 Å². The highest BCUT2D eigenvalue weighted by Gasteiger charge is 2.23. The van der Waals surface area contributed by atoms with Gasteiger partial charge in [0.2, 0.25) is 5.91 Å². The van der Waals surface area contributed by atoms with Crippen LogP contribution < -0.4 is 24.8 Å². The Morgan fingerprint density at radius 2 is 1.70 bits per heavy atom. The minimum absolute atomic E-state index is 0.00330. The van der Waals surface area contributed by atoms with Gasteiger partial charge in [0.15, 0.2) is 0 Å². The van der Waals surface area contributed by atoms with Gasteiger partial charge in [0.05, 0.1) is 25.8 Å². The predicted octanol–water partition coefficient (Wildman–Crippen LogP) is 4.15. The third-order valence-electron chi connectivity index (χ3n) is 5.36. The summed E-state index contributed by atoms with van der Waals surface area (Å²) in [7, 11) is -1.56. The number of ether oxygens (including phenoxy) is 2. The number of hydrogen-bond acceptors (Lipinski definition) is 6. The highest BCUT2D eigenvalue weighted by Crippen LogP contribution is 2.35. The van der Waals surface area contributed by atoms with E-state index in [1.165, 1.54) is 63.6 Å². The Morgan fingerprint density at radius 3 is 2.35 bits per heavy atom. The van der Waals surface area contributed by atoms with Crippen LogP contribution in [0, 0.1) is 11.7 Å². The summed E-state index contributed by atoms with van der Waals surface area (Å²) in [5.41, 5.74) is 1.02. The summed E-state index contributed by atoms with van der Waals surface area (Å²) >= 11 is 0. The number of nitrogens with one attached hydrogen (secondary N) is 3. The van der Waals surface area contributed by atoms with Crippen LogP contribution in [0.15, 0.2) is 65.6 Å². The van der Waals surface area contributed by atoms with Crippen LogP contribution in [-0.4, -0.2) is 46.3 Å². The van der Waals surface area contributed by atoms with Crippen LogP contribution in [0.5, 0.6) is 11.5 Å². The van der Waals surface area contributed by atoms with Crippen LogP contribution in [-0.2, 0) is 14.8 Å². The molecule has 3 rings (SSSR count). The minimum Gasteiger partial charge on any atom is -0.495 e. The molecule has 0 saturated heterocycles. The van der Waals surface area contributed by atoms with E-state index in [-0.39, 0.29) is 39.9 Å². The van der Waals surface area contributed by atoms with Crippen LogP contribution in [0.25, 0.3) is 11.1 Å².